The van der Waals surface area contributed by atoms with Crippen LogP contribution in [0.4, 0.5) is 4.79 Å². The lowest BCUT2D eigenvalue weighted by molar-refractivity contribution is -0.166. The summed E-state index contributed by atoms with van der Waals surface area (Å²) in [5, 5.41) is 5.58. The van der Waals surface area contributed by atoms with E-state index in [1.165, 1.54) is 0 Å². The quantitative estimate of drug-likeness (QED) is 0.126. The van der Waals surface area contributed by atoms with Crippen LogP contribution in [0.3, 0.4) is 0 Å². The first-order valence-corrected chi connectivity index (χ1v) is 14.5. The number of alkyl carbamates (subject to hydrolysis) is 1. The number of hydrogen-bond donors (Lipinski definition) is 3. The molecule has 202 valence electrons. The molecule has 0 aromatic heterocycles. The van der Waals surface area contributed by atoms with E-state index in [0.717, 1.165) is 31.2 Å². The average Bonchev–Trinajstić information content (AvgIpc) is 3.40. The summed E-state index contributed by atoms with van der Waals surface area (Å²) in [6, 6.07) is 8.73. The van der Waals surface area contributed by atoms with E-state index in [4.69, 9.17) is 14.0 Å². The zero-order valence-corrected chi connectivity index (χ0v) is 21.9. The smallest absolute Gasteiger partial charge is 0.407 e. The molecule has 1 aromatic carbocycles. The second-order valence-electron chi connectivity index (χ2n) is 8.89. The molecule has 1 heterocycles. The zero-order valence-electron chi connectivity index (χ0n) is 21.0. The van der Waals surface area contributed by atoms with Crippen molar-refractivity contribution in [2.24, 2.45) is 0 Å². The number of carbonyl (C=O) groups is 3. The van der Waals surface area contributed by atoms with Gasteiger partial charge in [0, 0.05) is 6.54 Å². The average molecular weight is 527 g/mol. The molecule has 1 fully saturated rings. The highest BCUT2D eigenvalue weighted by molar-refractivity contribution is 7.52. The van der Waals surface area contributed by atoms with Gasteiger partial charge in [0.2, 0.25) is 0 Å². The van der Waals surface area contributed by atoms with Gasteiger partial charge in [-0.25, -0.2) is 14.4 Å². The summed E-state index contributed by atoms with van der Waals surface area (Å²) >= 11 is 0. The second-order valence-corrected chi connectivity index (χ2v) is 10.8. The fraction of sp³-hybridized carbons (Fsp3) is 0.640. The van der Waals surface area contributed by atoms with Gasteiger partial charge in [0.25, 0.3) is 0 Å². The normalized spacial score (nSPS) is 17.7. The van der Waals surface area contributed by atoms with Gasteiger partial charge in [-0.2, -0.15) is 0 Å². The minimum absolute atomic E-state index is 0.0658. The second kappa shape index (κ2) is 16.5. The van der Waals surface area contributed by atoms with Crippen LogP contribution in [0.2, 0.25) is 0 Å². The first-order chi connectivity index (χ1) is 17.3. The highest BCUT2D eigenvalue weighted by atomic mass is 31.2. The van der Waals surface area contributed by atoms with E-state index in [1.807, 2.05) is 37.3 Å². The molecule has 1 aromatic rings. The molecule has 1 amide bonds. The standard InChI is InChI=1S/C25H39N2O8P/c1-2-3-4-10-18-36(31,32)35-22(24(29)34-23(28)21-14-11-17-26-21)15-8-9-16-27-25(30)33-19-20-12-6-5-7-13-20/h5-7,12-13,21-22,26H,2-4,8-11,14-19H2,1H3,(H,27,30)(H,31,32)/t21-,22?/m0/s1. The Bertz CT molecular complexity index is 861. The number of nitrogens with one attached hydrogen (secondary N) is 2. The van der Waals surface area contributed by atoms with Crippen LogP contribution < -0.4 is 10.6 Å². The lowest BCUT2D eigenvalue weighted by atomic mass is 10.1. The molecule has 2 unspecified atom stereocenters. The summed E-state index contributed by atoms with van der Waals surface area (Å²) in [5.74, 6) is -1.67. The van der Waals surface area contributed by atoms with Crippen LogP contribution in [-0.2, 0) is 34.8 Å². The molecule has 0 aliphatic carbocycles. The van der Waals surface area contributed by atoms with E-state index in [0.29, 0.717) is 32.2 Å². The van der Waals surface area contributed by atoms with Crippen molar-refractivity contribution in [2.45, 2.75) is 83.5 Å². The zero-order chi connectivity index (χ0) is 26.2. The Hall–Kier alpha value is -2.26. The van der Waals surface area contributed by atoms with Crippen LogP contribution in [0.25, 0.3) is 0 Å². The van der Waals surface area contributed by atoms with Gasteiger partial charge < -0.3 is 25.0 Å². The van der Waals surface area contributed by atoms with Gasteiger partial charge >= 0.3 is 25.6 Å². The molecule has 1 aliphatic heterocycles. The van der Waals surface area contributed by atoms with Crippen molar-refractivity contribution >= 4 is 25.6 Å². The van der Waals surface area contributed by atoms with Crippen molar-refractivity contribution in [1.29, 1.82) is 0 Å². The fourth-order valence-electron chi connectivity index (χ4n) is 3.74. The Kier molecular flexibility index (Phi) is 13.7. The van der Waals surface area contributed by atoms with Crippen LogP contribution in [0, 0.1) is 0 Å². The van der Waals surface area contributed by atoms with Crippen molar-refractivity contribution in [3.8, 4) is 0 Å². The maximum Gasteiger partial charge on any atom is 0.407 e. The molecule has 0 saturated carbocycles. The van der Waals surface area contributed by atoms with Crippen LogP contribution in [0.5, 0.6) is 0 Å². The third kappa shape index (κ3) is 12.1. The minimum Gasteiger partial charge on any atom is -0.445 e. The number of rotatable bonds is 16. The first kappa shape index (κ1) is 30.0. The summed E-state index contributed by atoms with van der Waals surface area (Å²) in [6.07, 6.45) is 3.55. The molecule has 1 saturated heterocycles. The maximum absolute atomic E-state index is 12.6. The molecule has 3 N–H and O–H groups in total. The highest BCUT2D eigenvalue weighted by Crippen LogP contribution is 2.45. The van der Waals surface area contributed by atoms with Crippen molar-refractivity contribution in [1.82, 2.24) is 10.6 Å². The van der Waals surface area contributed by atoms with Gasteiger partial charge in [0.1, 0.15) is 12.6 Å². The van der Waals surface area contributed by atoms with Crippen LogP contribution in [0.1, 0.15) is 70.3 Å². The molecule has 0 radical (unpaired) electrons. The van der Waals surface area contributed by atoms with Crippen molar-refractivity contribution in [2.75, 3.05) is 19.3 Å². The van der Waals surface area contributed by atoms with E-state index < -0.39 is 37.8 Å². The number of unbranched alkanes of at least 4 members (excludes halogenated alkanes) is 4. The van der Waals surface area contributed by atoms with Crippen LogP contribution >= 0.6 is 7.60 Å². The Labute approximate surface area is 213 Å². The number of esters is 2. The molecule has 0 spiro atoms. The summed E-state index contributed by atoms with van der Waals surface area (Å²) in [7, 11) is -4.04. The molecular formula is C25H39N2O8P. The number of benzene rings is 1. The van der Waals surface area contributed by atoms with E-state index in [9.17, 15) is 23.8 Å². The Morgan fingerprint density at radius 1 is 1.14 bits per heavy atom. The van der Waals surface area contributed by atoms with Gasteiger partial charge in [-0.15, -0.1) is 0 Å². The predicted octanol–water partition coefficient (Wildman–Crippen LogP) is 4.06. The summed E-state index contributed by atoms with van der Waals surface area (Å²) in [6.45, 7) is 3.14. The van der Waals surface area contributed by atoms with Crippen LogP contribution in [0.15, 0.2) is 30.3 Å². The predicted molar refractivity (Wildman–Crippen MR) is 134 cm³/mol. The Morgan fingerprint density at radius 3 is 2.61 bits per heavy atom. The van der Waals surface area contributed by atoms with Gasteiger partial charge in [-0.3, -0.25) is 9.09 Å². The molecular weight excluding hydrogens is 487 g/mol. The fourth-order valence-corrected chi connectivity index (χ4v) is 5.06. The summed E-state index contributed by atoms with van der Waals surface area (Å²) in [4.78, 5) is 47.0. The molecule has 10 nitrogen and oxygen atoms in total. The summed E-state index contributed by atoms with van der Waals surface area (Å²) < 4.78 is 28.0. The minimum atomic E-state index is -4.04. The van der Waals surface area contributed by atoms with Gasteiger partial charge in [0.05, 0.1) is 6.16 Å². The van der Waals surface area contributed by atoms with Gasteiger partial charge in [-0.05, 0) is 50.6 Å². The maximum atomic E-state index is 12.6. The molecule has 0 bridgehead atoms. The number of hydrogen-bond acceptors (Lipinski definition) is 8. The van der Waals surface area contributed by atoms with Gasteiger partial charge in [0.15, 0.2) is 6.10 Å². The lowest BCUT2D eigenvalue weighted by Crippen LogP contribution is -2.37. The van der Waals surface area contributed by atoms with E-state index in [-0.39, 0.29) is 25.7 Å². The molecule has 36 heavy (non-hydrogen) atoms. The van der Waals surface area contributed by atoms with Gasteiger partial charge in [-0.1, -0.05) is 56.5 Å². The molecule has 2 rings (SSSR count). The summed E-state index contributed by atoms with van der Waals surface area (Å²) in [5.41, 5.74) is 0.872. The lowest BCUT2D eigenvalue weighted by Gasteiger charge is -2.20. The SMILES string of the molecule is CCCCCCP(=O)(O)OC(CCCCNC(=O)OCc1ccccc1)C(=O)OC(=O)[C@@H]1CCCN1. The molecule has 3 atom stereocenters. The van der Waals surface area contributed by atoms with E-state index in [1.54, 1.807) is 0 Å². The third-order valence-electron chi connectivity index (χ3n) is 5.77. The Morgan fingerprint density at radius 2 is 1.92 bits per heavy atom. The number of amides is 1. The largest absolute Gasteiger partial charge is 0.445 e. The van der Waals surface area contributed by atoms with E-state index >= 15 is 0 Å². The van der Waals surface area contributed by atoms with Crippen LogP contribution in [-0.4, -0.2) is 54.3 Å². The first-order valence-electron chi connectivity index (χ1n) is 12.7. The van der Waals surface area contributed by atoms with Crippen molar-refractivity contribution < 1.29 is 37.8 Å². The van der Waals surface area contributed by atoms with E-state index in [2.05, 4.69) is 10.6 Å². The van der Waals surface area contributed by atoms with Crippen molar-refractivity contribution in [3.63, 3.8) is 0 Å². The van der Waals surface area contributed by atoms with Crippen molar-refractivity contribution in [3.05, 3.63) is 35.9 Å². The number of ether oxygens (including phenoxy) is 2. The third-order valence-corrected chi connectivity index (χ3v) is 7.24. The molecule has 1 aliphatic rings. The topological polar surface area (TPSA) is 140 Å². The number of carbonyl (C=O) groups excluding carboxylic acids is 3. The Balaban J connectivity index is 1.79. The highest BCUT2D eigenvalue weighted by Gasteiger charge is 2.33. The molecule has 11 heteroatoms. The monoisotopic (exact) mass is 526 g/mol.